The van der Waals surface area contributed by atoms with Gasteiger partial charge in [0.05, 0.1) is 24.7 Å². The number of fused-ring (bicyclic) bond motifs is 3. The molecule has 180 valence electrons. The normalized spacial score (nSPS) is 37.0. The highest BCUT2D eigenvalue weighted by Crippen LogP contribution is 2.50. The van der Waals surface area contributed by atoms with Crippen LogP contribution >= 0.6 is 0 Å². The number of rotatable bonds is 4. The van der Waals surface area contributed by atoms with Crippen LogP contribution in [0.25, 0.3) is 0 Å². The van der Waals surface area contributed by atoms with Crippen LogP contribution in [0.3, 0.4) is 0 Å². The van der Waals surface area contributed by atoms with E-state index in [0.717, 1.165) is 50.3 Å². The van der Waals surface area contributed by atoms with Crippen molar-refractivity contribution in [2.45, 2.75) is 57.0 Å². The maximum atomic E-state index is 13.0. The van der Waals surface area contributed by atoms with Gasteiger partial charge in [0.25, 0.3) is 0 Å². The highest BCUT2D eigenvalue weighted by Gasteiger charge is 2.63. The summed E-state index contributed by atoms with van der Waals surface area (Å²) in [5.41, 5.74) is 1.96. The number of aliphatic hydroxyl groups excluding tert-OH is 1. The zero-order chi connectivity index (χ0) is 23.2. The number of benzene rings is 1. The van der Waals surface area contributed by atoms with Crippen LogP contribution in [0.5, 0.6) is 5.75 Å². The lowest BCUT2D eigenvalue weighted by atomic mass is 9.79. The van der Waals surface area contributed by atoms with Gasteiger partial charge >= 0.3 is 5.97 Å². The average Bonchev–Trinajstić information content (AvgIpc) is 3.40. The van der Waals surface area contributed by atoms with Crippen molar-refractivity contribution in [2.24, 2.45) is 11.8 Å². The molecular weight excluding hydrogens is 420 g/mol. The Kier molecular flexibility index (Phi) is 6.14. The summed E-state index contributed by atoms with van der Waals surface area (Å²) in [4.78, 5) is 17.7. The van der Waals surface area contributed by atoms with E-state index in [2.05, 4.69) is 34.9 Å². The Morgan fingerprint density at radius 3 is 2.61 bits per heavy atom. The summed E-state index contributed by atoms with van der Waals surface area (Å²) in [6, 6.07) is 8.17. The van der Waals surface area contributed by atoms with E-state index >= 15 is 0 Å². The van der Waals surface area contributed by atoms with Crippen molar-refractivity contribution in [1.82, 2.24) is 4.90 Å². The standard InChI is InChI=1S/C26H36N2O5/c1-17-5-4-10-26(2)24(33-26)23-20(15-22(17)29)21(25(30)32-23)16-27-11-13-28(14-12-27)18-6-8-19(31-3)9-7-18/h5-9,20-24,29H,4,10-16H2,1-3H3/t20-,21-,22+,23-,24+,26+/m0/s1. The molecule has 1 aromatic rings. The number of esters is 1. The highest BCUT2D eigenvalue weighted by atomic mass is 16.6. The minimum absolute atomic E-state index is 0.0274. The molecule has 0 aromatic heterocycles. The fourth-order valence-corrected chi connectivity index (χ4v) is 5.81. The number of piperazine rings is 1. The summed E-state index contributed by atoms with van der Waals surface area (Å²) in [5, 5.41) is 10.8. The maximum absolute atomic E-state index is 13.0. The predicted octanol–water partition coefficient (Wildman–Crippen LogP) is 2.62. The van der Waals surface area contributed by atoms with Gasteiger partial charge in [-0.3, -0.25) is 9.69 Å². The second-order valence-electron chi connectivity index (χ2n) is 10.2. The van der Waals surface area contributed by atoms with E-state index in [-0.39, 0.29) is 35.6 Å². The molecule has 3 saturated heterocycles. The first-order valence-corrected chi connectivity index (χ1v) is 12.2. The van der Waals surface area contributed by atoms with Crippen LogP contribution in [0.15, 0.2) is 35.9 Å². The number of allylic oxidation sites excluding steroid dienone is 1. The minimum atomic E-state index is -0.537. The lowest BCUT2D eigenvalue weighted by Crippen LogP contribution is -2.49. The molecule has 0 amide bonds. The molecule has 0 spiro atoms. The maximum Gasteiger partial charge on any atom is 0.311 e. The van der Waals surface area contributed by atoms with E-state index in [4.69, 9.17) is 14.2 Å². The molecule has 3 fully saturated rings. The van der Waals surface area contributed by atoms with Gasteiger partial charge in [-0.15, -0.1) is 0 Å². The van der Waals surface area contributed by atoms with E-state index in [1.807, 2.05) is 19.1 Å². The molecule has 33 heavy (non-hydrogen) atoms. The molecule has 0 saturated carbocycles. The lowest BCUT2D eigenvalue weighted by molar-refractivity contribution is -0.145. The second kappa shape index (κ2) is 8.93. The number of anilines is 1. The number of hydrogen-bond acceptors (Lipinski definition) is 7. The van der Waals surface area contributed by atoms with E-state index in [1.54, 1.807) is 7.11 Å². The van der Waals surface area contributed by atoms with Gasteiger partial charge < -0.3 is 24.2 Å². The minimum Gasteiger partial charge on any atom is -0.497 e. The quantitative estimate of drug-likeness (QED) is 0.424. The number of carbonyl (C=O) groups excluding carboxylic acids is 1. The monoisotopic (exact) mass is 456 g/mol. The van der Waals surface area contributed by atoms with Crippen LogP contribution in [-0.2, 0) is 14.3 Å². The van der Waals surface area contributed by atoms with Gasteiger partial charge in [-0.2, -0.15) is 0 Å². The fraction of sp³-hybridized carbons (Fsp3) is 0.654. The molecule has 1 aliphatic carbocycles. The number of ether oxygens (including phenoxy) is 3. The third-order valence-electron chi connectivity index (χ3n) is 8.13. The van der Waals surface area contributed by atoms with Crippen molar-refractivity contribution in [3.8, 4) is 5.75 Å². The predicted molar refractivity (Wildman–Crippen MR) is 125 cm³/mol. The van der Waals surface area contributed by atoms with Crippen LogP contribution in [0.4, 0.5) is 5.69 Å². The molecule has 7 nitrogen and oxygen atoms in total. The van der Waals surface area contributed by atoms with Crippen molar-refractivity contribution in [3.63, 3.8) is 0 Å². The Bertz CT molecular complexity index is 894. The summed E-state index contributed by atoms with van der Waals surface area (Å²) in [6.45, 7) is 8.40. The summed E-state index contributed by atoms with van der Waals surface area (Å²) in [7, 11) is 1.68. The summed E-state index contributed by atoms with van der Waals surface area (Å²) in [6.07, 6.45) is 3.59. The van der Waals surface area contributed by atoms with E-state index in [0.29, 0.717) is 13.0 Å². The molecule has 3 aliphatic heterocycles. The Labute approximate surface area is 196 Å². The topological polar surface area (TPSA) is 74.8 Å². The second-order valence-corrected chi connectivity index (χ2v) is 10.2. The van der Waals surface area contributed by atoms with Gasteiger partial charge in [0, 0.05) is 44.3 Å². The summed E-state index contributed by atoms with van der Waals surface area (Å²) < 4.78 is 17.3. The molecule has 0 bridgehead atoms. The highest BCUT2D eigenvalue weighted by molar-refractivity contribution is 5.76. The van der Waals surface area contributed by atoms with Crippen molar-refractivity contribution >= 4 is 11.7 Å². The number of methoxy groups -OCH3 is 1. The third kappa shape index (κ3) is 4.51. The van der Waals surface area contributed by atoms with Gasteiger partial charge in [-0.05, 0) is 62.9 Å². The van der Waals surface area contributed by atoms with Crippen LogP contribution in [0.2, 0.25) is 0 Å². The number of carbonyl (C=O) groups is 1. The SMILES string of the molecule is COc1ccc(N2CCN(C[C@@H]3C(=O)O[C@H]4[C@H]3C[C@@H](O)C(C)=CCC[C@@]3(C)O[C@H]43)CC2)cc1. The van der Waals surface area contributed by atoms with Crippen LogP contribution in [0, 0.1) is 11.8 Å². The molecule has 5 rings (SSSR count). The van der Waals surface area contributed by atoms with Crippen molar-refractivity contribution in [3.05, 3.63) is 35.9 Å². The fourth-order valence-electron chi connectivity index (χ4n) is 5.81. The van der Waals surface area contributed by atoms with Gasteiger partial charge in [-0.25, -0.2) is 0 Å². The first-order valence-electron chi connectivity index (χ1n) is 12.2. The Hall–Kier alpha value is -2.09. The third-order valence-corrected chi connectivity index (χ3v) is 8.13. The smallest absolute Gasteiger partial charge is 0.311 e. The first kappa shape index (κ1) is 22.7. The molecule has 6 atom stereocenters. The number of epoxide rings is 1. The van der Waals surface area contributed by atoms with E-state index < -0.39 is 6.10 Å². The van der Waals surface area contributed by atoms with Crippen LogP contribution in [0.1, 0.15) is 33.1 Å². The Balaban J connectivity index is 1.25. The molecule has 1 aromatic carbocycles. The van der Waals surface area contributed by atoms with Gasteiger partial charge in [0.2, 0.25) is 0 Å². The molecular formula is C26H36N2O5. The summed E-state index contributed by atoms with van der Waals surface area (Å²) in [5.74, 6) is 0.479. The average molecular weight is 457 g/mol. The molecule has 1 N–H and O–H groups in total. The number of hydrogen-bond donors (Lipinski definition) is 1. The molecule has 7 heteroatoms. The van der Waals surface area contributed by atoms with Gasteiger partial charge in [-0.1, -0.05) is 6.08 Å². The van der Waals surface area contributed by atoms with Crippen LogP contribution in [-0.4, -0.2) is 79.7 Å². The van der Waals surface area contributed by atoms with Crippen LogP contribution < -0.4 is 9.64 Å². The summed E-state index contributed by atoms with van der Waals surface area (Å²) >= 11 is 0. The molecule has 0 radical (unpaired) electrons. The number of nitrogens with zero attached hydrogens (tertiary/aromatic N) is 2. The zero-order valence-corrected chi connectivity index (χ0v) is 19.9. The lowest BCUT2D eigenvalue weighted by Gasteiger charge is -2.37. The van der Waals surface area contributed by atoms with Gasteiger partial charge in [0.1, 0.15) is 18.0 Å². The Morgan fingerprint density at radius 2 is 1.91 bits per heavy atom. The van der Waals surface area contributed by atoms with Crippen molar-refractivity contribution in [2.75, 3.05) is 44.7 Å². The molecule has 4 aliphatic rings. The van der Waals surface area contributed by atoms with Crippen molar-refractivity contribution < 1.29 is 24.1 Å². The largest absolute Gasteiger partial charge is 0.497 e. The molecule has 3 heterocycles. The number of aliphatic hydroxyl groups is 1. The van der Waals surface area contributed by atoms with E-state index in [1.165, 1.54) is 5.69 Å². The Morgan fingerprint density at radius 1 is 1.18 bits per heavy atom. The van der Waals surface area contributed by atoms with Crippen molar-refractivity contribution in [1.29, 1.82) is 0 Å². The molecule has 0 unspecified atom stereocenters. The van der Waals surface area contributed by atoms with Gasteiger partial charge in [0.15, 0.2) is 0 Å². The zero-order valence-electron chi connectivity index (χ0n) is 19.9. The van der Waals surface area contributed by atoms with E-state index in [9.17, 15) is 9.90 Å². The first-order chi connectivity index (χ1) is 15.9.